The van der Waals surface area contributed by atoms with Gasteiger partial charge < -0.3 is 0 Å². The Labute approximate surface area is 128 Å². The summed E-state index contributed by atoms with van der Waals surface area (Å²) in [4.78, 5) is 7.63. The molecule has 0 bridgehead atoms. The van der Waals surface area contributed by atoms with Gasteiger partial charge in [0.2, 0.25) is 0 Å². The Morgan fingerprint density at radius 3 is 1.10 bits per heavy atom. The third-order valence-corrected chi connectivity index (χ3v) is 5.23. The van der Waals surface area contributed by atoms with E-state index in [-0.39, 0.29) is 0 Å². The zero-order valence-electron chi connectivity index (χ0n) is 13.5. The van der Waals surface area contributed by atoms with E-state index in [1.807, 2.05) is 0 Å². The maximum Gasteiger partial charge on any atom is 0.0237 e. The molecular weight excluding hydrogens is 258 g/mol. The Balaban J connectivity index is 1.50. The van der Waals surface area contributed by atoms with E-state index < -0.39 is 0 Å². The first-order valence-electron chi connectivity index (χ1n) is 8.42. The van der Waals surface area contributed by atoms with Crippen LogP contribution in [0.3, 0.4) is 0 Å². The van der Waals surface area contributed by atoms with E-state index in [2.05, 4.69) is 53.7 Å². The quantitative estimate of drug-likeness (QED) is 0.742. The second kappa shape index (κ2) is 5.08. The molecule has 6 unspecified atom stereocenters. The van der Waals surface area contributed by atoms with Crippen molar-refractivity contribution in [3.63, 3.8) is 0 Å². The molecule has 0 aliphatic carbocycles. The van der Waals surface area contributed by atoms with E-state index in [9.17, 15) is 0 Å². The van der Waals surface area contributed by atoms with Crippen LogP contribution in [0.25, 0.3) is 0 Å². The summed E-state index contributed by atoms with van der Waals surface area (Å²) in [5.41, 5.74) is 4.53. The Morgan fingerprint density at radius 1 is 0.667 bits per heavy atom. The van der Waals surface area contributed by atoms with Crippen LogP contribution < -0.4 is 0 Å². The van der Waals surface area contributed by atoms with Gasteiger partial charge in [-0.3, -0.25) is 14.7 Å². The van der Waals surface area contributed by atoms with Crippen molar-refractivity contribution in [1.82, 2.24) is 14.7 Å². The van der Waals surface area contributed by atoms with Crippen LogP contribution in [-0.4, -0.2) is 52.5 Å². The molecule has 0 N–H and O–H groups in total. The number of benzene rings is 1. The SMILES string of the molecule is CC1CN1Cc1cc(CN2CC2C)cc(CN2CC2C)c1. The second-order valence-corrected chi connectivity index (χ2v) is 7.49. The zero-order chi connectivity index (χ0) is 14.6. The highest BCUT2D eigenvalue weighted by molar-refractivity contribution is 5.31. The van der Waals surface area contributed by atoms with Gasteiger partial charge in [0.1, 0.15) is 0 Å². The summed E-state index contributed by atoms with van der Waals surface area (Å²) in [6.45, 7) is 14.2. The molecule has 3 nitrogen and oxygen atoms in total. The van der Waals surface area contributed by atoms with E-state index in [1.165, 1.54) is 36.3 Å². The third kappa shape index (κ3) is 3.31. The lowest BCUT2D eigenvalue weighted by Gasteiger charge is -2.12. The average Bonchev–Trinajstić information content (AvgIpc) is 3.34. The summed E-state index contributed by atoms with van der Waals surface area (Å²) in [5, 5.41) is 0. The largest absolute Gasteiger partial charge is 0.294 e. The molecule has 4 rings (SSSR count). The zero-order valence-corrected chi connectivity index (χ0v) is 13.5. The van der Waals surface area contributed by atoms with Crippen LogP contribution in [0.15, 0.2) is 18.2 Å². The molecule has 3 aliphatic rings. The minimum atomic E-state index is 0.788. The molecule has 1 aromatic carbocycles. The molecule has 0 amide bonds. The minimum absolute atomic E-state index is 0.788. The van der Waals surface area contributed by atoms with E-state index in [0.29, 0.717) is 0 Å². The van der Waals surface area contributed by atoms with Crippen molar-refractivity contribution in [2.75, 3.05) is 19.6 Å². The first-order valence-corrected chi connectivity index (χ1v) is 8.42. The molecule has 3 heterocycles. The van der Waals surface area contributed by atoms with Gasteiger partial charge in [0.05, 0.1) is 0 Å². The first kappa shape index (κ1) is 13.7. The Morgan fingerprint density at radius 2 is 0.905 bits per heavy atom. The first-order chi connectivity index (χ1) is 10.1. The molecular formula is C18H27N3. The summed E-state index contributed by atoms with van der Waals surface area (Å²) < 4.78 is 0. The van der Waals surface area contributed by atoms with Gasteiger partial charge in [0, 0.05) is 57.4 Å². The fourth-order valence-corrected chi connectivity index (χ4v) is 3.35. The highest BCUT2D eigenvalue weighted by Gasteiger charge is 2.31. The number of nitrogens with zero attached hydrogens (tertiary/aromatic N) is 3. The van der Waals surface area contributed by atoms with Gasteiger partial charge >= 0.3 is 0 Å². The molecule has 6 atom stereocenters. The minimum Gasteiger partial charge on any atom is -0.294 e. The highest BCUT2D eigenvalue weighted by atomic mass is 15.3. The molecule has 21 heavy (non-hydrogen) atoms. The molecule has 3 fully saturated rings. The van der Waals surface area contributed by atoms with Gasteiger partial charge in [-0.2, -0.15) is 0 Å². The van der Waals surface area contributed by atoms with Crippen LogP contribution in [0, 0.1) is 0 Å². The van der Waals surface area contributed by atoms with Crippen molar-refractivity contribution < 1.29 is 0 Å². The average molecular weight is 285 g/mol. The fourth-order valence-electron chi connectivity index (χ4n) is 3.35. The van der Waals surface area contributed by atoms with Crippen LogP contribution in [0.2, 0.25) is 0 Å². The topological polar surface area (TPSA) is 9.03 Å². The Hall–Kier alpha value is -0.900. The molecule has 0 radical (unpaired) electrons. The van der Waals surface area contributed by atoms with Crippen molar-refractivity contribution in [3.8, 4) is 0 Å². The lowest BCUT2D eigenvalue weighted by atomic mass is 10.0. The van der Waals surface area contributed by atoms with Crippen molar-refractivity contribution in [3.05, 3.63) is 34.9 Å². The molecule has 1 aromatic rings. The smallest absolute Gasteiger partial charge is 0.0237 e. The number of hydrogen-bond acceptors (Lipinski definition) is 3. The fraction of sp³-hybridized carbons (Fsp3) is 0.667. The lowest BCUT2D eigenvalue weighted by molar-refractivity contribution is 0.496. The monoisotopic (exact) mass is 285 g/mol. The van der Waals surface area contributed by atoms with E-state index in [0.717, 1.165) is 37.8 Å². The number of rotatable bonds is 6. The van der Waals surface area contributed by atoms with E-state index in [4.69, 9.17) is 0 Å². The van der Waals surface area contributed by atoms with Crippen LogP contribution in [0.1, 0.15) is 37.5 Å². The van der Waals surface area contributed by atoms with Gasteiger partial charge in [0.25, 0.3) is 0 Å². The maximum absolute atomic E-state index is 2.54. The van der Waals surface area contributed by atoms with Gasteiger partial charge in [-0.1, -0.05) is 18.2 Å². The Bertz CT molecular complexity index is 453. The Kier molecular flexibility index (Phi) is 3.32. The van der Waals surface area contributed by atoms with Crippen LogP contribution >= 0.6 is 0 Å². The summed E-state index contributed by atoms with van der Waals surface area (Å²) in [6.07, 6.45) is 0. The van der Waals surface area contributed by atoms with Gasteiger partial charge in [0.15, 0.2) is 0 Å². The van der Waals surface area contributed by atoms with Gasteiger partial charge in [-0.25, -0.2) is 0 Å². The van der Waals surface area contributed by atoms with Crippen molar-refractivity contribution in [1.29, 1.82) is 0 Å². The van der Waals surface area contributed by atoms with Crippen LogP contribution in [0.4, 0.5) is 0 Å². The highest BCUT2D eigenvalue weighted by Crippen LogP contribution is 2.27. The molecule has 114 valence electrons. The summed E-state index contributed by atoms with van der Waals surface area (Å²) in [7, 11) is 0. The molecule has 3 heteroatoms. The number of hydrogen-bond donors (Lipinski definition) is 0. The van der Waals surface area contributed by atoms with Crippen molar-refractivity contribution >= 4 is 0 Å². The summed E-state index contributed by atoms with van der Waals surface area (Å²) >= 11 is 0. The van der Waals surface area contributed by atoms with Gasteiger partial charge in [-0.05, 0) is 37.5 Å². The molecule has 3 saturated heterocycles. The third-order valence-electron chi connectivity index (χ3n) is 5.23. The predicted molar refractivity (Wildman–Crippen MR) is 86.1 cm³/mol. The summed E-state index contributed by atoms with van der Waals surface area (Å²) in [5.74, 6) is 0. The van der Waals surface area contributed by atoms with E-state index >= 15 is 0 Å². The molecule has 3 aliphatic heterocycles. The lowest BCUT2D eigenvalue weighted by Crippen LogP contribution is -2.07. The van der Waals surface area contributed by atoms with Gasteiger partial charge in [-0.15, -0.1) is 0 Å². The second-order valence-electron chi connectivity index (χ2n) is 7.49. The van der Waals surface area contributed by atoms with E-state index in [1.54, 1.807) is 0 Å². The normalized spacial score (nSPS) is 40.1. The summed E-state index contributed by atoms with van der Waals surface area (Å²) in [6, 6.07) is 9.67. The van der Waals surface area contributed by atoms with Crippen molar-refractivity contribution in [2.45, 2.75) is 58.5 Å². The van der Waals surface area contributed by atoms with Crippen LogP contribution in [0.5, 0.6) is 0 Å². The standard InChI is InChI=1S/C18H27N3/c1-13-7-19(13)10-16-4-17(11-20-8-14(20)2)6-18(5-16)12-21-9-15(21)3/h4-6,13-15H,7-12H2,1-3H3. The molecule has 0 aromatic heterocycles. The predicted octanol–water partition coefficient (Wildman–Crippen LogP) is 2.30. The van der Waals surface area contributed by atoms with Crippen molar-refractivity contribution in [2.24, 2.45) is 0 Å². The molecule has 0 saturated carbocycles. The van der Waals surface area contributed by atoms with Crippen LogP contribution in [-0.2, 0) is 19.6 Å². The maximum atomic E-state index is 2.54. The molecule has 0 spiro atoms.